The first-order valence-corrected chi connectivity index (χ1v) is 8.06. The number of hydrogen-bond acceptors (Lipinski definition) is 1. The Morgan fingerprint density at radius 1 is 1.00 bits per heavy atom. The zero-order chi connectivity index (χ0) is 15.5. The van der Waals surface area contributed by atoms with E-state index in [4.69, 9.17) is 23.8 Å². The first kappa shape index (κ1) is 15.3. The Hall–Kier alpha value is -1.65. The lowest BCUT2D eigenvalue weighted by atomic mass is 9.90. The summed E-state index contributed by atoms with van der Waals surface area (Å²) in [4.78, 5) is 0. The van der Waals surface area contributed by atoms with Gasteiger partial charge in [0.15, 0.2) is 10.9 Å². The fourth-order valence-electron chi connectivity index (χ4n) is 2.77. The van der Waals surface area contributed by atoms with Crippen LogP contribution in [0.2, 0.25) is 5.02 Å². The number of nitrogens with one attached hydrogen (secondary N) is 2. The molecule has 0 heterocycles. The number of halogens is 2. The molecule has 0 atom stereocenters. The zero-order valence-corrected chi connectivity index (χ0v) is 13.5. The number of anilines is 2. The molecule has 0 saturated carbocycles. The smallest absolute Gasteiger partial charge is 0.175 e. The van der Waals surface area contributed by atoms with Gasteiger partial charge in [0.2, 0.25) is 0 Å². The summed E-state index contributed by atoms with van der Waals surface area (Å²) < 4.78 is 13.9. The minimum Gasteiger partial charge on any atom is -0.332 e. The molecular weight excluding hydrogens is 319 g/mol. The number of thiocarbonyl (C=S) groups is 1. The first-order valence-electron chi connectivity index (χ1n) is 7.28. The van der Waals surface area contributed by atoms with Crippen molar-refractivity contribution in [1.82, 2.24) is 0 Å². The monoisotopic (exact) mass is 334 g/mol. The quantitative estimate of drug-likeness (QED) is 0.741. The van der Waals surface area contributed by atoms with Crippen LogP contribution < -0.4 is 10.6 Å². The highest BCUT2D eigenvalue weighted by Gasteiger charge is 2.14. The van der Waals surface area contributed by atoms with Crippen molar-refractivity contribution in [3.63, 3.8) is 0 Å². The van der Waals surface area contributed by atoms with Gasteiger partial charge in [0.25, 0.3) is 0 Å². The Labute approximate surface area is 139 Å². The van der Waals surface area contributed by atoms with E-state index in [1.54, 1.807) is 12.1 Å². The Balaban J connectivity index is 1.76. The molecule has 0 spiro atoms. The molecule has 0 radical (unpaired) electrons. The van der Waals surface area contributed by atoms with Gasteiger partial charge >= 0.3 is 0 Å². The van der Waals surface area contributed by atoms with Crippen molar-refractivity contribution < 1.29 is 4.39 Å². The first-order chi connectivity index (χ1) is 10.6. The second-order valence-electron chi connectivity index (χ2n) is 5.33. The molecule has 2 nitrogen and oxygen atoms in total. The highest BCUT2D eigenvalue weighted by Crippen LogP contribution is 2.28. The van der Waals surface area contributed by atoms with Crippen molar-refractivity contribution in [3.05, 3.63) is 58.4 Å². The summed E-state index contributed by atoms with van der Waals surface area (Å²) in [6, 6.07) is 11.0. The average molecular weight is 335 g/mol. The van der Waals surface area contributed by atoms with Crippen LogP contribution in [-0.4, -0.2) is 5.11 Å². The van der Waals surface area contributed by atoms with Crippen molar-refractivity contribution in [1.29, 1.82) is 0 Å². The molecule has 0 aromatic heterocycles. The fraction of sp³-hybridized carbons (Fsp3) is 0.235. The van der Waals surface area contributed by atoms with E-state index in [9.17, 15) is 4.39 Å². The molecule has 114 valence electrons. The van der Waals surface area contributed by atoms with Gasteiger partial charge in [-0.15, -0.1) is 0 Å². The van der Waals surface area contributed by atoms with Crippen molar-refractivity contribution in [2.45, 2.75) is 25.7 Å². The van der Waals surface area contributed by atoms with E-state index in [-0.39, 0.29) is 10.7 Å². The maximum Gasteiger partial charge on any atom is 0.175 e. The second-order valence-corrected chi connectivity index (χ2v) is 6.15. The maximum atomic E-state index is 13.9. The van der Waals surface area contributed by atoms with Crippen LogP contribution in [0.15, 0.2) is 36.4 Å². The molecule has 0 aliphatic heterocycles. The molecule has 3 rings (SSSR count). The van der Waals surface area contributed by atoms with E-state index in [1.807, 2.05) is 12.1 Å². The molecular formula is C17H16ClFN2S. The van der Waals surface area contributed by atoms with E-state index < -0.39 is 5.82 Å². The van der Waals surface area contributed by atoms with Crippen LogP contribution in [0, 0.1) is 5.82 Å². The van der Waals surface area contributed by atoms with E-state index in [0.717, 1.165) is 18.5 Å². The normalized spacial score (nSPS) is 13.4. The van der Waals surface area contributed by atoms with Crippen LogP contribution >= 0.6 is 23.8 Å². The largest absolute Gasteiger partial charge is 0.332 e. The molecule has 0 unspecified atom stereocenters. The van der Waals surface area contributed by atoms with Gasteiger partial charge in [0.05, 0.1) is 10.7 Å². The van der Waals surface area contributed by atoms with Crippen molar-refractivity contribution in [2.75, 3.05) is 10.6 Å². The number of aryl methyl sites for hydroxylation is 1. The SMILES string of the molecule is Fc1c(Cl)cccc1NC(=S)Nc1cccc2c1CCCC2. The molecule has 2 aromatic carbocycles. The molecule has 1 aliphatic carbocycles. The highest BCUT2D eigenvalue weighted by molar-refractivity contribution is 7.80. The summed E-state index contributed by atoms with van der Waals surface area (Å²) in [5.74, 6) is -0.497. The Kier molecular flexibility index (Phi) is 4.60. The summed E-state index contributed by atoms with van der Waals surface area (Å²) in [5.41, 5.74) is 3.95. The minimum absolute atomic E-state index is 0.0740. The molecule has 0 saturated heterocycles. The van der Waals surface area contributed by atoms with Gasteiger partial charge in [0, 0.05) is 5.69 Å². The molecule has 0 fully saturated rings. The van der Waals surface area contributed by atoms with E-state index >= 15 is 0 Å². The number of benzene rings is 2. The van der Waals surface area contributed by atoms with Gasteiger partial charge in [-0.1, -0.05) is 29.8 Å². The summed E-state index contributed by atoms with van der Waals surface area (Å²) in [7, 11) is 0. The van der Waals surface area contributed by atoms with E-state index in [1.165, 1.54) is 30.0 Å². The Bertz CT molecular complexity index is 718. The lowest BCUT2D eigenvalue weighted by Crippen LogP contribution is -2.21. The molecule has 5 heteroatoms. The standard InChI is InChI=1S/C17H16ClFN2S/c18-13-8-4-10-15(16(13)19)21-17(22)20-14-9-3-6-11-5-1-2-7-12(11)14/h3-4,6,8-10H,1-2,5,7H2,(H2,20,21,22). The van der Waals surface area contributed by atoms with Gasteiger partial charge in [-0.05, 0) is 67.2 Å². The van der Waals surface area contributed by atoms with E-state index in [2.05, 4.69) is 16.7 Å². The molecule has 0 bridgehead atoms. The summed E-state index contributed by atoms with van der Waals surface area (Å²) in [6.07, 6.45) is 4.57. The van der Waals surface area contributed by atoms with Gasteiger partial charge in [-0.25, -0.2) is 4.39 Å². The fourth-order valence-corrected chi connectivity index (χ4v) is 3.17. The van der Waals surface area contributed by atoms with Crippen LogP contribution in [0.1, 0.15) is 24.0 Å². The van der Waals surface area contributed by atoms with Crippen LogP contribution in [0.25, 0.3) is 0 Å². The van der Waals surface area contributed by atoms with Gasteiger partial charge < -0.3 is 10.6 Å². The Morgan fingerprint density at radius 2 is 1.68 bits per heavy atom. The Morgan fingerprint density at radius 3 is 2.55 bits per heavy atom. The number of fused-ring (bicyclic) bond motifs is 1. The van der Waals surface area contributed by atoms with E-state index in [0.29, 0.717) is 5.11 Å². The maximum absolute atomic E-state index is 13.9. The predicted molar refractivity (Wildman–Crippen MR) is 94.3 cm³/mol. The lowest BCUT2D eigenvalue weighted by molar-refractivity contribution is 0.632. The summed E-state index contributed by atoms with van der Waals surface area (Å²) >= 11 is 11.1. The van der Waals surface area contributed by atoms with Gasteiger partial charge in [-0.3, -0.25) is 0 Å². The van der Waals surface area contributed by atoms with Crippen molar-refractivity contribution >= 4 is 40.3 Å². The predicted octanol–water partition coefficient (Wildman–Crippen LogP) is 5.17. The third-order valence-electron chi connectivity index (χ3n) is 3.84. The topological polar surface area (TPSA) is 24.1 Å². The zero-order valence-electron chi connectivity index (χ0n) is 12.0. The van der Waals surface area contributed by atoms with Crippen LogP contribution in [0.4, 0.5) is 15.8 Å². The van der Waals surface area contributed by atoms with Gasteiger partial charge in [0.1, 0.15) is 0 Å². The van der Waals surface area contributed by atoms with Crippen molar-refractivity contribution in [2.24, 2.45) is 0 Å². The second kappa shape index (κ2) is 6.63. The van der Waals surface area contributed by atoms with Gasteiger partial charge in [-0.2, -0.15) is 0 Å². The third-order valence-corrected chi connectivity index (χ3v) is 4.34. The summed E-state index contributed by atoms with van der Waals surface area (Å²) in [5, 5.41) is 6.48. The molecule has 2 N–H and O–H groups in total. The van der Waals surface area contributed by atoms with Crippen LogP contribution in [0.5, 0.6) is 0 Å². The molecule has 0 amide bonds. The van der Waals surface area contributed by atoms with Crippen LogP contribution in [0.3, 0.4) is 0 Å². The number of rotatable bonds is 2. The number of hydrogen-bond donors (Lipinski definition) is 2. The van der Waals surface area contributed by atoms with Crippen LogP contribution in [-0.2, 0) is 12.8 Å². The minimum atomic E-state index is -0.497. The highest BCUT2D eigenvalue weighted by atomic mass is 35.5. The third kappa shape index (κ3) is 3.23. The lowest BCUT2D eigenvalue weighted by Gasteiger charge is -2.20. The molecule has 2 aromatic rings. The molecule has 1 aliphatic rings. The van der Waals surface area contributed by atoms with Crippen molar-refractivity contribution in [3.8, 4) is 0 Å². The molecule has 22 heavy (non-hydrogen) atoms. The average Bonchev–Trinajstić information content (AvgIpc) is 2.52. The summed E-state index contributed by atoms with van der Waals surface area (Å²) in [6.45, 7) is 0.